The van der Waals surface area contributed by atoms with E-state index in [1.807, 2.05) is 6.92 Å². The molecule has 13 heteroatoms. The summed E-state index contributed by atoms with van der Waals surface area (Å²) < 4.78 is 36.7. The highest BCUT2D eigenvalue weighted by Gasteiger charge is 2.57. The molecule has 0 radical (unpaired) electrons. The van der Waals surface area contributed by atoms with Crippen LogP contribution in [0.2, 0.25) is 0 Å². The van der Waals surface area contributed by atoms with E-state index in [-0.39, 0.29) is 30.0 Å². The van der Waals surface area contributed by atoms with Crippen molar-refractivity contribution in [1.82, 2.24) is 35.0 Å². The van der Waals surface area contributed by atoms with Gasteiger partial charge in [0, 0.05) is 25.6 Å². The molecule has 11 nitrogen and oxygen atoms in total. The van der Waals surface area contributed by atoms with Crippen LogP contribution in [0.15, 0.2) is 30.6 Å². The summed E-state index contributed by atoms with van der Waals surface area (Å²) in [7, 11) is 1.07. The van der Waals surface area contributed by atoms with E-state index in [0.717, 1.165) is 32.8 Å². The zero-order valence-electron chi connectivity index (χ0n) is 23.0. The number of nitrogens with one attached hydrogen (secondary N) is 2. The van der Waals surface area contributed by atoms with E-state index in [0.29, 0.717) is 35.4 Å². The van der Waals surface area contributed by atoms with E-state index >= 15 is 0 Å². The van der Waals surface area contributed by atoms with E-state index < -0.39 is 36.2 Å². The lowest BCUT2D eigenvalue weighted by Crippen LogP contribution is -2.59. The normalized spacial score (nSPS) is 22.9. The van der Waals surface area contributed by atoms with Gasteiger partial charge in [-0.15, -0.1) is 0 Å². The highest BCUT2D eigenvalue weighted by atomic mass is 19.3. The standard InChI is InChI=1S/C28H33F2N7O4/c1-3-36-20(10-11-32-36)24(38)34-23(22(16-4-5-16)17-6-7-17)19-13-37-21(33-19)9-8-18(35-37)12-27(26(40)41-2)14-28(29,30)15-31-25(27)39/h8-11,13,16-17,22-23H,3-7,12,14-15H2,1-2H3,(H,31,39)(H,34,38)/t23-,27-/m1/s1. The number of alkyl halides is 2. The number of aromatic nitrogens is 5. The van der Waals surface area contributed by atoms with Gasteiger partial charge in [-0.1, -0.05) is 0 Å². The number of aryl methyl sites for hydroxylation is 1. The van der Waals surface area contributed by atoms with Crippen molar-refractivity contribution in [2.45, 2.75) is 64.0 Å². The van der Waals surface area contributed by atoms with Gasteiger partial charge in [0.05, 0.1) is 37.3 Å². The number of hydrogen-bond acceptors (Lipinski definition) is 7. The summed E-state index contributed by atoms with van der Waals surface area (Å²) in [5, 5.41) is 14.2. The molecule has 4 heterocycles. The summed E-state index contributed by atoms with van der Waals surface area (Å²) in [6, 6.07) is 4.59. The Morgan fingerprint density at radius 3 is 2.59 bits per heavy atom. The molecule has 6 rings (SSSR count). The number of esters is 1. The molecule has 3 aromatic rings. The monoisotopic (exact) mass is 569 g/mol. The van der Waals surface area contributed by atoms with Gasteiger partial charge in [-0.05, 0) is 68.6 Å². The predicted octanol–water partition coefficient (Wildman–Crippen LogP) is 2.71. The van der Waals surface area contributed by atoms with E-state index in [9.17, 15) is 23.2 Å². The summed E-state index contributed by atoms with van der Waals surface area (Å²) >= 11 is 0. The van der Waals surface area contributed by atoms with Gasteiger partial charge in [0.15, 0.2) is 11.1 Å². The van der Waals surface area contributed by atoms with Crippen molar-refractivity contribution in [2.75, 3.05) is 13.7 Å². The molecule has 3 aromatic heterocycles. The van der Waals surface area contributed by atoms with E-state index in [1.54, 1.807) is 35.3 Å². The maximum absolute atomic E-state index is 14.4. The highest BCUT2D eigenvalue weighted by Crippen LogP contribution is 2.54. The lowest BCUT2D eigenvalue weighted by molar-refractivity contribution is -0.172. The van der Waals surface area contributed by atoms with E-state index in [1.165, 1.54) is 4.52 Å². The van der Waals surface area contributed by atoms with Crippen molar-refractivity contribution >= 4 is 23.4 Å². The Balaban J connectivity index is 1.33. The first-order valence-electron chi connectivity index (χ1n) is 14.1. The third-order valence-corrected chi connectivity index (χ3v) is 8.53. The molecule has 2 N–H and O–H groups in total. The number of rotatable bonds is 10. The number of halogens is 2. The first-order valence-corrected chi connectivity index (χ1v) is 14.1. The quantitative estimate of drug-likeness (QED) is 0.283. The summed E-state index contributed by atoms with van der Waals surface area (Å²) in [5.74, 6) is -4.10. The van der Waals surface area contributed by atoms with Crippen molar-refractivity contribution in [3.05, 3.63) is 47.7 Å². The number of carbonyl (C=O) groups is 3. The van der Waals surface area contributed by atoms with Crippen LogP contribution in [0.25, 0.3) is 5.65 Å². The fraction of sp³-hybridized carbons (Fsp3) is 0.571. The minimum absolute atomic E-state index is 0.226. The molecule has 2 atom stereocenters. The molecule has 0 spiro atoms. The Hall–Kier alpha value is -3.90. The number of hydrogen-bond donors (Lipinski definition) is 2. The lowest BCUT2D eigenvalue weighted by Gasteiger charge is -2.37. The lowest BCUT2D eigenvalue weighted by atomic mass is 9.74. The molecule has 2 saturated carbocycles. The third-order valence-electron chi connectivity index (χ3n) is 8.53. The SMILES string of the molecule is CCn1nccc1C(=O)N[C@H](c1cn2nc(C[C@@]3(C(=O)OC)CC(F)(F)CNC3=O)ccc2n1)C(C1CC1)C1CC1. The molecule has 2 aliphatic carbocycles. The molecule has 2 amide bonds. The summed E-state index contributed by atoms with van der Waals surface area (Å²) in [5.41, 5.74) is -0.227. The number of piperidine rings is 1. The second-order valence-corrected chi connectivity index (χ2v) is 11.5. The van der Waals surface area contributed by atoms with Crippen LogP contribution in [0.4, 0.5) is 8.78 Å². The molecule has 0 bridgehead atoms. The average molecular weight is 570 g/mol. The summed E-state index contributed by atoms with van der Waals surface area (Å²) in [6.07, 6.45) is 6.44. The summed E-state index contributed by atoms with van der Waals surface area (Å²) in [4.78, 5) is 43.7. The Kier molecular flexibility index (Phi) is 6.77. The molecule has 0 unspecified atom stereocenters. The van der Waals surface area contributed by atoms with Crippen LogP contribution in [0.1, 0.15) is 66.9 Å². The minimum Gasteiger partial charge on any atom is -0.468 e. The molecule has 1 saturated heterocycles. The number of methoxy groups -OCH3 is 1. The predicted molar refractivity (Wildman–Crippen MR) is 141 cm³/mol. The Morgan fingerprint density at radius 1 is 1.20 bits per heavy atom. The number of nitrogens with zero attached hydrogens (tertiary/aromatic N) is 5. The molecule has 41 heavy (non-hydrogen) atoms. The Morgan fingerprint density at radius 2 is 1.93 bits per heavy atom. The fourth-order valence-corrected chi connectivity index (χ4v) is 6.28. The first kappa shape index (κ1) is 27.3. The Labute approximate surface area is 235 Å². The van der Waals surface area contributed by atoms with Gasteiger partial charge in [-0.3, -0.25) is 19.1 Å². The molecule has 3 aliphatic rings. The third kappa shape index (κ3) is 5.17. The van der Waals surface area contributed by atoms with Gasteiger partial charge in [0.2, 0.25) is 5.91 Å². The number of fused-ring (bicyclic) bond motifs is 1. The van der Waals surface area contributed by atoms with E-state index in [2.05, 4.69) is 20.8 Å². The van der Waals surface area contributed by atoms with Crippen LogP contribution in [-0.4, -0.2) is 61.7 Å². The highest BCUT2D eigenvalue weighted by molar-refractivity contribution is 6.03. The van der Waals surface area contributed by atoms with Gasteiger partial charge < -0.3 is 15.4 Å². The van der Waals surface area contributed by atoms with Gasteiger partial charge in [0.25, 0.3) is 11.8 Å². The maximum atomic E-state index is 14.4. The van der Waals surface area contributed by atoms with Gasteiger partial charge >= 0.3 is 5.97 Å². The van der Waals surface area contributed by atoms with Gasteiger partial charge in [-0.2, -0.15) is 10.2 Å². The Bertz CT molecular complexity index is 1470. The molecule has 0 aromatic carbocycles. The molecule has 218 valence electrons. The minimum atomic E-state index is -3.27. The van der Waals surface area contributed by atoms with Crippen molar-refractivity contribution in [2.24, 2.45) is 23.2 Å². The van der Waals surface area contributed by atoms with Crippen molar-refractivity contribution in [3.63, 3.8) is 0 Å². The maximum Gasteiger partial charge on any atom is 0.322 e. The first-order chi connectivity index (χ1) is 19.6. The molecular weight excluding hydrogens is 536 g/mol. The molecule has 1 aliphatic heterocycles. The zero-order chi connectivity index (χ0) is 28.9. The van der Waals surface area contributed by atoms with Gasteiger partial charge in [0.1, 0.15) is 5.69 Å². The fourth-order valence-electron chi connectivity index (χ4n) is 6.28. The number of amides is 2. The smallest absolute Gasteiger partial charge is 0.322 e. The number of carbonyl (C=O) groups excluding carboxylic acids is 3. The molecular formula is C28H33F2N7O4. The number of imidazole rings is 1. The largest absolute Gasteiger partial charge is 0.468 e. The van der Waals surface area contributed by atoms with Crippen LogP contribution in [0.5, 0.6) is 0 Å². The second kappa shape index (κ2) is 10.2. The van der Waals surface area contributed by atoms with E-state index in [4.69, 9.17) is 9.72 Å². The van der Waals surface area contributed by atoms with Crippen molar-refractivity contribution < 1.29 is 27.9 Å². The van der Waals surface area contributed by atoms with Crippen LogP contribution in [-0.2, 0) is 27.3 Å². The van der Waals surface area contributed by atoms with Crippen LogP contribution < -0.4 is 10.6 Å². The topological polar surface area (TPSA) is 133 Å². The second-order valence-electron chi connectivity index (χ2n) is 11.5. The number of ether oxygens (including phenoxy) is 1. The zero-order valence-corrected chi connectivity index (χ0v) is 23.0. The van der Waals surface area contributed by atoms with Gasteiger partial charge in [-0.25, -0.2) is 18.3 Å². The molecule has 3 fully saturated rings. The van der Waals surface area contributed by atoms with Crippen LogP contribution in [0.3, 0.4) is 0 Å². The van der Waals surface area contributed by atoms with Crippen molar-refractivity contribution in [1.29, 1.82) is 0 Å². The summed E-state index contributed by atoms with van der Waals surface area (Å²) in [6.45, 7) is 1.65. The van der Waals surface area contributed by atoms with Crippen LogP contribution in [0, 0.1) is 23.2 Å². The van der Waals surface area contributed by atoms with Crippen molar-refractivity contribution in [3.8, 4) is 0 Å². The average Bonchev–Trinajstić information content (AvgIpc) is 3.88. The van der Waals surface area contributed by atoms with Crippen LogP contribution >= 0.6 is 0 Å².